The molecule has 0 fully saturated rings. The predicted octanol–water partition coefficient (Wildman–Crippen LogP) is 3.06. The lowest BCUT2D eigenvalue weighted by Gasteiger charge is -2.13. The van der Waals surface area contributed by atoms with Gasteiger partial charge in [-0.1, -0.05) is 11.6 Å². The highest BCUT2D eigenvalue weighted by atomic mass is 35.5. The molecule has 2 rings (SSSR count). The normalized spacial score (nSPS) is 10.0. The van der Waals surface area contributed by atoms with Crippen molar-refractivity contribution in [3.63, 3.8) is 0 Å². The van der Waals surface area contributed by atoms with Crippen molar-refractivity contribution in [1.82, 2.24) is 0 Å². The molecule has 0 bridgehead atoms. The molecule has 7 heteroatoms. The summed E-state index contributed by atoms with van der Waals surface area (Å²) in [5.74, 6) is -0.807. The van der Waals surface area contributed by atoms with E-state index in [0.29, 0.717) is 22.0 Å². The average molecular weight is 336 g/mol. The van der Waals surface area contributed by atoms with Crippen molar-refractivity contribution in [3.05, 3.63) is 53.1 Å². The van der Waals surface area contributed by atoms with Crippen LogP contribution >= 0.6 is 11.6 Å². The summed E-state index contributed by atoms with van der Waals surface area (Å²) in [7, 11) is 1.47. The Kier molecular flexibility index (Phi) is 5.43. The number of halogens is 1. The molecule has 6 nitrogen and oxygen atoms in total. The van der Waals surface area contributed by atoms with Crippen molar-refractivity contribution in [2.24, 2.45) is 0 Å². The second kappa shape index (κ2) is 7.51. The molecule has 2 N–H and O–H groups in total. The van der Waals surface area contributed by atoms with Crippen molar-refractivity contribution in [3.8, 4) is 11.5 Å². The first kappa shape index (κ1) is 16.6. The maximum absolute atomic E-state index is 12.2. The molecule has 120 valence electrons. The smallest absolute Gasteiger partial charge is 0.341 e. The van der Waals surface area contributed by atoms with Gasteiger partial charge in [0.05, 0.1) is 12.8 Å². The van der Waals surface area contributed by atoms with Gasteiger partial charge in [0.25, 0.3) is 5.91 Å². The molecule has 0 aromatic heterocycles. The number of benzene rings is 2. The Labute approximate surface area is 137 Å². The first-order valence-electron chi connectivity index (χ1n) is 6.59. The zero-order valence-corrected chi connectivity index (χ0v) is 13.0. The number of amides is 1. The molecule has 0 saturated heterocycles. The second-order valence-electron chi connectivity index (χ2n) is 4.51. The zero-order valence-electron chi connectivity index (χ0n) is 12.2. The molecule has 23 heavy (non-hydrogen) atoms. The monoisotopic (exact) mass is 335 g/mol. The summed E-state index contributed by atoms with van der Waals surface area (Å²) in [6.07, 6.45) is 0. The molecule has 0 unspecified atom stereocenters. The number of hydrogen-bond donors (Lipinski definition) is 2. The van der Waals surface area contributed by atoms with E-state index in [1.165, 1.54) is 13.2 Å². The number of carbonyl (C=O) groups excluding carboxylic acids is 1. The van der Waals surface area contributed by atoms with E-state index in [0.717, 1.165) is 0 Å². The first-order chi connectivity index (χ1) is 11.0. The van der Waals surface area contributed by atoms with Gasteiger partial charge in [-0.05, 0) is 36.4 Å². The average Bonchev–Trinajstić information content (AvgIpc) is 2.54. The number of hydrogen-bond acceptors (Lipinski definition) is 4. The highest BCUT2D eigenvalue weighted by molar-refractivity contribution is 6.30. The summed E-state index contributed by atoms with van der Waals surface area (Å²) in [4.78, 5) is 22.9. The fraction of sp³-hybridized carbons (Fsp3) is 0.125. The highest BCUT2D eigenvalue weighted by Crippen LogP contribution is 2.30. The predicted molar refractivity (Wildman–Crippen MR) is 85.5 cm³/mol. The van der Waals surface area contributed by atoms with Crippen LogP contribution in [-0.4, -0.2) is 30.7 Å². The van der Waals surface area contributed by atoms with E-state index in [9.17, 15) is 9.59 Å². The van der Waals surface area contributed by atoms with Gasteiger partial charge >= 0.3 is 5.97 Å². The summed E-state index contributed by atoms with van der Waals surface area (Å²) >= 11 is 5.78. The molecule has 0 aliphatic rings. The quantitative estimate of drug-likeness (QED) is 0.847. The second-order valence-corrected chi connectivity index (χ2v) is 4.94. The lowest BCUT2D eigenvalue weighted by molar-refractivity contribution is -0.139. The van der Waals surface area contributed by atoms with Crippen molar-refractivity contribution >= 4 is 29.2 Å². The molecule has 2 aromatic rings. The Bertz CT molecular complexity index is 715. The fourth-order valence-corrected chi connectivity index (χ4v) is 1.91. The minimum atomic E-state index is -1.12. The van der Waals surface area contributed by atoms with Crippen molar-refractivity contribution in [1.29, 1.82) is 0 Å². The van der Waals surface area contributed by atoms with Crippen molar-refractivity contribution in [2.75, 3.05) is 19.0 Å². The van der Waals surface area contributed by atoms with Crippen LogP contribution in [0.15, 0.2) is 42.5 Å². The van der Waals surface area contributed by atoms with Crippen LogP contribution in [0.2, 0.25) is 5.02 Å². The number of anilines is 1. The fourth-order valence-electron chi connectivity index (χ4n) is 1.79. The molecule has 1 amide bonds. The maximum atomic E-state index is 12.2. The molecule has 0 saturated carbocycles. The third kappa shape index (κ3) is 4.62. The van der Waals surface area contributed by atoms with Crippen LogP contribution in [0.4, 0.5) is 5.69 Å². The van der Waals surface area contributed by atoms with Gasteiger partial charge in [-0.3, -0.25) is 4.79 Å². The van der Waals surface area contributed by atoms with E-state index in [1.54, 1.807) is 36.4 Å². The van der Waals surface area contributed by atoms with Crippen LogP contribution in [-0.2, 0) is 4.79 Å². The Morgan fingerprint density at radius 3 is 2.48 bits per heavy atom. The summed E-state index contributed by atoms with van der Waals surface area (Å²) in [5.41, 5.74) is 0.751. The number of ether oxygens (including phenoxy) is 2. The van der Waals surface area contributed by atoms with Gasteiger partial charge in [0.1, 0.15) is 11.5 Å². The van der Waals surface area contributed by atoms with Gasteiger partial charge in [-0.25, -0.2) is 4.79 Å². The number of carboxylic acid groups (broad SMARTS) is 1. The van der Waals surface area contributed by atoms with Gasteiger partial charge in [0.2, 0.25) is 0 Å². The molecule has 0 aliphatic heterocycles. The lowest BCUT2D eigenvalue weighted by Crippen LogP contribution is -2.15. The Balaban J connectivity index is 2.21. The zero-order chi connectivity index (χ0) is 16.8. The summed E-state index contributed by atoms with van der Waals surface area (Å²) in [6, 6.07) is 11.1. The summed E-state index contributed by atoms with van der Waals surface area (Å²) < 4.78 is 10.2. The van der Waals surface area contributed by atoms with E-state index in [4.69, 9.17) is 26.2 Å². The first-order valence-corrected chi connectivity index (χ1v) is 6.97. The lowest BCUT2D eigenvalue weighted by atomic mass is 10.2. The van der Waals surface area contributed by atoms with Crippen molar-refractivity contribution in [2.45, 2.75) is 0 Å². The SMILES string of the molecule is COc1ccc(NC(=O)c2ccc(Cl)cc2)c(OCC(=O)O)c1. The molecule has 0 aliphatic carbocycles. The Hall–Kier alpha value is -2.73. The van der Waals surface area contributed by atoms with E-state index < -0.39 is 12.6 Å². The summed E-state index contributed by atoms with van der Waals surface area (Å²) in [6.45, 7) is -0.531. The van der Waals surface area contributed by atoms with Gasteiger partial charge < -0.3 is 19.9 Å². The van der Waals surface area contributed by atoms with E-state index in [2.05, 4.69) is 5.32 Å². The highest BCUT2D eigenvalue weighted by Gasteiger charge is 2.12. The Morgan fingerprint density at radius 1 is 1.17 bits per heavy atom. The van der Waals surface area contributed by atoms with Gasteiger partial charge in [0, 0.05) is 16.7 Å². The molecule has 2 aromatic carbocycles. The molecule has 0 spiro atoms. The minimum absolute atomic E-state index is 0.203. The van der Waals surface area contributed by atoms with E-state index >= 15 is 0 Å². The van der Waals surface area contributed by atoms with Crippen LogP contribution < -0.4 is 14.8 Å². The molecular formula is C16H14ClNO5. The van der Waals surface area contributed by atoms with Crippen LogP contribution in [0.5, 0.6) is 11.5 Å². The number of rotatable bonds is 6. The molecule has 0 heterocycles. The van der Waals surface area contributed by atoms with Crippen LogP contribution in [0, 0.1) is 0 Å². The minimum Gasteiger partial charge on any atom is -0.497 e. The van der Waals surface area contributed by atoms with Crippen LogP contribution in [0.1, 0.15) is 10.4 Å². The van der Waals surface area contributed by atoms with Gasteiger partial charge in [0.15, 0.2) is 6.61 Å². The van der Waals surface area contributed by atoms with Gasteiger partial charge in [-0.2, -0.15) is 0 Å². The molecule has 0 atom stereocenters. The number of methoxy groups -OCH3 is 1. The van der Waals surface area contributed by atoms with Crippen LogP contribution in [0.25, 0.3) is 0 Å². The number of carboxylic acids is 1. The third-order valence-electron chi connectivity index (χ3n) is 2.89. The van der Waals surface area contributed by atoms with E-state index in [-0.39, 0.29) is 11.7 Å². The maximum Gasteiger partial charge on any atom is 0.341 e. The van der Waals surface area contributed by atoms with Gasteiger partial charge in [-0.15, -0.1) is 0 Å². The topological polar surface area (TPSA) is 84.9 Å². The Morgan fingerprint density at radius 2 is 1.87 bits per heavy atom. The van der Waals surface area contributed by atoms with E-state index in [1.807, 2.05) is 0 Å². The summed E-state index contributed by atoms with van der Waals surface area (Å²) in [5, 5.41) is 11.9. The number of aliphatic carboxylic acids is 1. The number of carbonyl (C=O) groups is 2. The standard InChI is InChI=1S/C16H14ClNO5/c1-22-12-6-7-13(14(8-12)23-9-15(19)20)18-16(21)10-2-4-11(17)5-3-10/h2-8H,9H2,1H3,(H,18,21)(H,19,20). The molecular weight excluding hydrogens is 322 g/mol. The molecule has 0 radical (unpaired) electrons. The van der Waals surface area contributed by atoms with Crippen molar-refractivity contribution < 1.29 is 24.2 Å². The van der Waals surface area contributed by atoms with Crippen LogP contribution in [0.3, 0.4) is 0 Å². The largest absolute Gasteiger partial charge is 0.497 e. The third-order valence-corrected chi connectivity index (χ3v) is 3.15. The number of nitrogens with one attached hydrogen (secondary N) is 1.